The Labute approximate surface area is 143 Å². The smallest absolute Gasteiger partial charge is 0.264 e. The van der Waals surface area contributed by atoms with Gasteiger partial charge in [0.1, 0.15) is 5.82 Å². The fraction of sp³-hybridized carbons (Fsp3) is 0.333. The van der Waals surface area contributed by atoms with Gasteiger partial charge in [0.15, 0.2) is 5.78 Å². The molecule has 1 aliphatic rings. The predicted octanol–water partition coefficient (Wildman–Crippen LogP) is 3.43. The third-order valence-corrected chi connectivity index (χ3v) is 5.01. The lowest BCUT2D eigenvalue weighted by Crippen LogP contribution is -2.36. The van der Waals surface area contributed by atoms with Gasteiger partial charge in [0, 0.05) is 17.0 Å². The van der Waals surface area contributed by atoms with Gasteiger partial charge in [-0.2, -0.15) is 0 Å². The molecule has 1 unspecified atom stereocenters. The lowest BCUT2D eigenvalue weighted by Gasteiger charge is -2.25. The average Bonchev–Trinajstić information content (AvgIpc) is 3.27. The third kappa shape index (κ3) is 3.71. The normalized spacial score (nSPS) is 15.1. The number of benzene rings is 1. The van der Waals surface area contributed by atoms with Crippen molar-refractivity contribution in [2.75, 3.05) is 6.54 Å². The molecule has 1 aromatic heterocycles. The molecule has 6 heteroatoms. The number of carbonyl (C=O) groups excluding carboxylic acids is 2. The van der Waals surface area contributed by atoms with Gasteiger partial charge < -0.3 is 10.0 Å². The maximum atomic E-state index is 13.0. The maximum absolute atomic E-state index is 13.0. The second-order valence-electron chi connectivity index (χ2n) is 6.01. The van der Waals surface area contributed by atoms with Gasteiger partial charge >= 0.3 is 0 Å². The Bertz CT molecular complexity index is 752. The van der Waals surface area contributed by atoms with Gasteiger partial charge in [0.2, 0.25) is 0 Å². The van der Waals surface area contributed by atoms with Crippen molar-refractivity contribution in [2.24, 2.45) is 0 Å². The second kappa shape index (κ2) is 6.83. The molecule has 0 radical (unpaired) electrons. The van der Waals surface area contributed by atoms with Crippen LogP contribution in [0.15, 0.2) is 35.7 Å². The monoisotopic (exact) mass is 347 g/mol. The van der Waals surface area contributed by atoms with Crippen LogP contribution in [0.2, 0.25) is 0 Å². The summed E-state index contributed by atoms with van der Waals surface area (Å²) >= 11 is 1.24. The van der Waals surface area contributed by atoms with E-state index < -0.39 is 6.10 Å². The molecule has 1 heterocycles. The van der Waals surface area contributed by atoms with Gasteiger partial charge in [0.25, 0.3) is 5.91 Å². The Morgan fingerprint density at radius 2 is 2.00 bits per heavy atom. The summed E-state index contributed by atoms with van der Waals surface area (Å²) in [5.41, 5.74) is 1.10. The van der Waals surface area contributed by atoms with Gasteiger partial charge in [-0.3, -0.25) is 9.59 Å². The van der Waals surface area contributed by atoms with Crippen LogP contribution in [0.25, 0.3) is 0 Å². The standard InChI is InChI=1S/C18H18FNO3S/c1-11(21)13-8-17(24-10-13)18(23)20(15-6-7-15)9-16(22)12-2-4-14(19)5-3-12/h2-5,8,10,15-16,22H,6-7,9H2,1H3. The highest BCUT2D eigenvalue weighted by molar-refractivity contribution is 7.12. The minimum Gasteiger partial charge on any atom is -0.387 e. The maximum Gasteiger partial charge on any atom is 0.264 e. The number of aliphatic hydroxyl groups is 1. The molecule has 1 atom stereocenters. The molecule has 24 heavy (non-hydrogen) atoms. The van der Waals surface area contributed by atoms with E-state index >= 15 is 0 Å². The number of rotatable bonds is 6. The molecular formula is C18H18FNO3S. The largest absolute Gasteiger partial charge is 0.387 e. The predicted molar refractivity (Wildman–Crippen MR) is 89.7 cm³/mol. The van der Waals surface area contributed by atoms with E-state index in [0.29, 0.717) is 16.0 Å². The fourth-order valence-electron chi connectivity index (χ4n) is 2.54. The molecular weight excluding hydrogens is 329 g/mol. The quantitative estimate of drug-likeness (QED) is 0.815. The van der Waals surface area contributed by atoms with Crippen molar-refractivity contribution in [3.63, 3.8) is 0 Å². The van der Waals surface area contributed by atoms with Crippen LogP contribution in [0.4, 0.5) is 4.39 Å². The number of aliphatic hydroxyl groups excluding tert-OH is 1. The van der Waals surface area contributed by atoms with Crippen molar-refractivity contribution >= 4 is 23.0 Å². The first kappa shape index (κ1) is 16.8. The van der Waals surface area contributed by atoms with E-state index in [-0.39, 0.29) is 30.1 Å². The molecule has 1 N–H and O–H groups in total. The summed E-state index contributed by atoms with van der Waals surface area (Å²) in [7, 11) is 0. The number of halogens is 1. The van der Waals surface area contributed by atoms with Crippen molar-refractivity contribution in [3.05, 3.63) is 57.5 Å². The number of thiophene rings is 1. The summed E-state index contributed by atoms with van der Waals surface area (Å²) in [5, 5.41) is 12.1. The molecule has 0 saturated heterocycles. The zero-order valence-electron chi connectivity index (χ0n) is 13.2. The van der Waals surface area contributed by atoms with Crippen LogP contribution in [0.3, 0.4) is 0 Å². The van der Waals surface area contributed by atoms with Crippen molar-refractivity contribution in [1.29, 1.82) is 0 Å². The highest BCUT2D eigenvalue weighted by atomic mass is 32.1. The van der Waals surface area contributed by atoms with Crippen molar-refractivity contribution in [3.8, 4) is 0 Å². The molecule has 3 rings (SSSR count). The molecule has 1 aliphatic carbocycles. The molecule has 0 spiro atoms. The number of amides is 1. The number of hydrogen-bond acceptors (Lipinski definition) is 4. The van der Waals surface area contributed by atoms with E-state index in [2.05, 4.69) is 0 Å². The number of carbonyl (C=O) groups is 2. The number of nitrogens with zero attached hydrogens (tertiary/aromatic N) is 1. The lowest BCUT2D eigenvalue weighted by atomic mass is 10.1. The van der Waals surface area contributed by atoms with Crippen LogP contribution >= 0.6 is 11.3 Å². The Hall–Kier alpha value is -2.05. The number of Topliss-reactive ketones (excluding diaryl/α,β-unsaturated/α-hetero) is 1. The van der Waals surface area contributed by atoms with E-state index in [1.165, 1.54) is 42.5 Å². The van der Waals surface area contributed by atoms with E-state index in [1.807, 2.05) is 0 Å². The zero-order chi connectivity index (χ0) is 17.3. The number of ketones is 1. The molecule has 126 valence electrons. The fourth-order valence-corrected chi connectivity index (χ4v) is 3.44. The second-order valence-corrected chi connectivity index (χ2v) is 6.92. The minimum atomic E-state index is -0.873. The molecule has 0 bridgehead atoms. The molecule has 1 fully saturated rings. The Morgan fingerprint density at radius 1 is 1.33 bits per heavy atom. The van der Waals surface area contributed by atoms with Crippen LogP contribution < -0.4 is 0 Å². The van der Waals surface area contributed by atoms with Crippen molar-refractivity contribution < 1.29 is 19.1 Å². The van der Waals surface area contributed by atoms with Gasteiger partial charge in [0.05, 0.1) is 17.5 Å². The van der Waals surface area contributed by atoms with Crippen LogP contribution in [0, 0.1) is 5.82 Å². The zero-order valence-corrected chi connectivity index (χ0v) is 14.1. The summed E-state index contributed by atoms with van der Waals surface area (Å²) in [6.45, 7) is 1.62. The van der Waals surface area contributed by atoms with E-state index in [1.54, 1.807) is 16.3 Å². The highest BCUT2D eigenvalue weighted by Gasteiger charge is 2.35. The summed E-state index contributed by atoms with van der Waals surface area (Å²) < 4.78 is 13.0. The molecule has 1 aromatic carbocycles. The van der Waals surface area contributed by atoms with E-state index in [9.17, 15) is 19.1 Å². The van der Waals surface area contributed by atoms with Crippen molar-refractivity contribution in [1.82, 2.24) is 4.90 Å². The van der Waals surface area contributed by atoms with Gasteiger partial charge in [-0.1, -0.05) is 12.1 Å². The molecule has 0 aliphatic heterocycles. The van der Waals surface area contributed by atoms with E-state index in [4.69, 9.17) is 0 Å². The lowest BCUT2D eigenvalue weighted by molar-refractivity contribution is 0.0607. The first-order chi connectivity index (χ1) is 11.5. The molecule has 4 nitrogen and oxygen atoms in total. The Balaban J connectivity index is 1.75. The van der Waals surface area contributed by atoms with Crippen LogP contribution in [-0.4, -0.2) is 34.3 Å². The summed E-state index contributed by atoms with van der Waals surface area (Å²) in [6.07, 6.45) is 0.946. The first-order valence-corrected chi connectivity index (χ1v) is 8.67. The Kier molecular flexibility index (Phi) is 4.78. The molecule has 1 saturated carbocycles. The molecule has 1 amide bonds. The summed E-state index contributed by atoms with van der Waals surface area (Å²) in [6, 6.07) is 7.36. The first-order valence-electron chi connectivity index (χ1n) is 7.79. The van der Waals surface area contributed by atoms with Gasteiger partial charge in [-0.05, 0) is 43.5 Å². The average molecular weight is 347 g/mol. The molecule has 2 aromatic rings. The summed E-state index contributed by atoms with van der Waals surface area (Å²) in [4.78, 5) is 26.3. The van der Waals surface area contributed by atoms with Crippen LogP contribution in [0.1, 0.15) is 51.5 Å². The van der Waals surface area contributed by atoms with Crippen LogP contribution in [-0.2, 0) is 0 Å². The van der Waals surface area contributed by atoms with Crippen LogP contribution in [0.5, 0.6) is 0 Å². The topological polar surface area (TPSA) is 57.6 Å². The Morgan fingerprint density at radius 3 is 2.54 bits per heavy atom. The SMILES string of the molecule is CC(=O)c1csc(C(=O)N(CC(O)c2ccc(F)cc2)C2CC2)c1. The van der Waals surface area contributed by atoms with Gasteiger partial charge in [-0.15, -0.1) is 11.3 Å². The number of hydrogen-bond donors (Lipinski definition) is 1. The van der Waals surface area contributed by atoms with Gasteiger partial charge in [-0.25, -0.2) is 4.39 Å². The van der Waals surface area contributed by atoms with Crippen molar-refractivity contribution in [2.45, 2.75) is 31.9 Å². The summed E-state index contributed by atoms with van der Waals surface area (Å²) in [5.74, 6) is -0.609. The highest BCUT2D eigenvalue weighted by Crippen LogP contribution is 2.31. The third-order valence-electron chi connectivity index (χ3n) is 4.09. The minimum absolute atomic E-state index is 0.0744. The van der Waals surface area contributed by atoms with E-state index in [0.717, 1.165) is 12.8 Å².